The van der Waals surface area contributed by atoms with Gasteiger partial charge in [0.2, 0.25) is 17.6 Å². The number of nitrogens with zero attached hydrogens (tertiary/aromatic N) is 1. The Morgan fingerprint density at radius 1 is 0.956 bits per heavy atom. The number of piperidine rings is 1. The molecule has 3 rings (SSSR count). The smallest absolute Gasteiger partial charge is 0.315 e. The number of likely N-dealkylation sites (tertiary alicyclic amines) is 1. The van der Waals surface area contributed by atoms with Crippen LogP contribution in [0.4, 0.5) is 4.79 Å². The Labute approximate surface area is 268 Å². The SMILES string of the molecule is CC(C)[C@@H](CS(=O)(=O)C(C)(C)C)NC(=O)N[C@H](C(=O)N1CC2CC1(C(=O)NC(CC1CC1)C(=O)C(N)=O)CC2(C)C)C(C)(C)C. The van der Waals surface area contributed by atoms with Gasteiger partial charge in [-0.25, -0.2) is 13.2 Å². The fourth-order valence-corrected chi connectivity index (χ4v) is 8.02. The fourth-order valence-electron chi connectivity index (χ4n) is 6.58. The number of amides is 5. The molecule has 12 nitrogen and oxygen atoms in total. The molecule has 1 heterocycles. The minimum absolute atomic E-state index is 0.00305. The molecule has 0 aromatic heterocycles. The molecular formula is C32H55N5O7S. The summed E-state index contributed by atoms with van der Waals surface area (Å²) < 4.78 is 24.9. The number of carbonyl (C=O) groups is 5. The van der Waals surface area contributed by atoms with Crippen LogP contribution >= 0.6 is 0 Å². The highest BCUT2D eigenvalue weighted by atomic mass is 32.2. The molecule has 1 aliphatic heterocycles. The van der Waals surface area contributed by atoms with Crippen molar-refractivity contribution in [1.29, 1.82) is 0 Å². The predicted octanol–water partition coefficient (Wildman–Crippen LogP) is 2.29. The molecule has 0 aromatic rings. The lowest BCUT2D eigenvalue weighted by molar-refractivity contribution is -0.152. The molecule has 0 aromatic carbocycles. The van der Waals surface area contributed by atoms with E-state index in [0.29, 0.717) is 25.8 Å². The Morgan fingerprint density at radius 2 is 1.53 bits per heavy atom. The van der Waals surface area contributed by atoms with Gasteiger partial charge in [0.1, 0.15) is 11.6 Å². The van der Waals surface area contributed by atoms with Crippen molar-refractivity contribution >= 4 is 39.4 Å². The number of primary amides is 1. The number of Topliss-reactive ketones (excluding diaryl/α,β-unsaturated/α-hetero) is 1. The zero-order valence-corrected chi connectivity index (χ0v) is 29.5. The van der Waals surface area contributed by atoms with Gasteiger partial charge in [-0.3, -0.25) is 19.2 Å². The van der Waals surface area contributed by atoms with Crippen LogP contribution in [0.3, 0.4) is 0 Å². The van der Waals surface area contributed by atoms with Gasteiger partial charge in [-0.05, 0) is 68.6 Å². The molecule has 0 spiro atoms. The van der Waals surface area contributed by atoms with Crippen LogP contribution in [0.25, 0.3) is 0 Å². The van der Waals surface area contributed by atoms with E-state index in [-0.39, 0.29) is 28.9 Å². The topological polar surface area (TPSA) is 185 Å². The first kappa shape index (κ1) is 36.8. The fraction of sp³-hybridized carbons (Fsp3) is 0.844. The van der Waals surface area contributed by atoms with Crippen LogP contribution in [0.5, 0.6) is 0 Å². The van der Waals surface area contributed by atoms with Crippen molar-refractivity contribution in [3.8, 4) is 0 Å². The van der Waals surface area contributed by atoms with Crippen molar-refractivity contribution in [2.24, 2.45) is 34.3 Å². The maximum absolute atomic E-state index is 14.4. The number of hydrogen-bond acceptors (Lipinski definition) is 7. The van der Waals surface area contributed by atoms with Crippen molar-refractivity contribution in [2.45, 2.75) is 130 Å². The first-order valence-electron chi connectivity index (χ1n) is 16.1. The summed E-state index contributed by atoms with van der Waals surface area (Å²) in [6.07, 6.45) is 2.88. The van der Waals surface area contributed by atoms with Gasteiger partial charge < -0.3 is 26.6 Å². The quantitative estimate of drug-likeness (QED) is 0.233. The number of nitrogens with one attached hydrogen (secondary N) is 3. The van der Waals surface area contributed by atoms with Gasteiger partial charge >= 0.3 is 6.03 Å². The average molecular weight is 654 g/mol. The molecule has 3 fully saturated rings. The molecule has 5 atom stereocenters. The number of hydrogen-bond donors (Lipinski definition) is 4. The second-order valence-electron chi connectivity index (χ2n) is 16.6. The molecule has 2 aliphatic carbocycles. The lowest BCUT2D eigenvalue weighted by atomic mass is 9.77. The van der Waals surface area contributed by atoms with E-state index in [1.54, 1.807) is 25.7 Å². The van der Waals surface area contributed by atoms with Crippen molar-refractivity contribution in [3.63, 3.8) is 0 Å². The van der Waals surface area contributed by atoms with Crippen LogP contribution in [0.15, 0.2) is 0 Å². The number of urea groups is 1. The highest BCUT2D eigenvalue weighted by Crippen LogP contribution is 2.57. The van der Waals surface area contributed by atoms with Crippen molar-refractivity contribution < 1.29 is 32.4 Å². The van der Waals surface area contributed by atoms with E-state index < -0.39 is 73.2 Å². The minimum Gasteiger partial charge on any atom is -0.363 e. The second-order valence-corrected chi connectivity index (χ2v) is 19.4. The van der Waals surface area contributed by atoms with Gasteiger partial charge in [0, 0.05) is 12.6 Å². The molecule has 3 aliphatic rings. The normalized spacial score (nSPS) is 25.0. The maximum Gasteiger partial charge on any atom is 0.315 e. The molecule has 45 heavy (non-hydrogen) atoms. The van der Waals surface area contributed by atoms with Crippen molar-refractivity contribution in [2.75, 3.05) is 12.3 Å². The van der Waals surface area contributed by atoms with Crippen LogP contribution in [-0.4, -0.2) is 83.6 Å². The molecule has 5 amide bonds. The molecule has 0 radical (unpaired) electrons. The molecule has 13 heteroatoms. The summed E-state index contributed by atoms with van der Waals surface area (Å²) >= 11 is 0. The molecule has 2 bridgehead atoms. The summed E-state index contributed by atoms with van der Waals surface area (Å²) in [6.45, 7) is 18.3. The molecular weight excluding hydrogens is 598 g/mol. The third kappa shape index (κ3) is 8.00. The van der Waals surface area contributed by atoms with Crippen LogP contribution in [0.1, 0.15) is 101 Å². The van der Waals surface area contributed by atoms with E-state index >= 15 is 0 Å². The number of ketones is 1. The first-order chi connectivity index (χ1) is 20.3. The molecule has 1 saturated heterocycles. The van der Waals surface area contributed by atoms with E-state index in [4.69, 9.17) is 5.73 Å². The molecule has 256 valence electrons. The van der Waals surface area contributed by atoms with Gasteiger partial charge in [0.05, 0.1) is 16.5 Å². The van der Waals surface area contributed by atoms with Gasteiger partial charge in [0.25, 0.3) is 5.91 Å². The van der Waals surface area contributed by atoms with Crippen LogP contribution < -0.4 is 21.7 Å². The largest absolute Gasteiger partial charge is 0.363 e. The van der Waals surface area contributed by atoms with Crippen LogP contribution in [-0.2, 0) is 29.0 Å². The first-order valence-corrected chi connectivity index (χ1v) is 17.7. The number of rotatable bonds is 12. The number of carbonyl (C=O) groups excluding carboxylic acids is 5. The van der Waals surface area contributed by atoms with Gasteiger partial charge in [-0.15, -0.1) is 0 Å². The number of sulfone groups is 1. The summed E-state index contributed by atoms with van der Waals surface area (Å²) in [6, 6.07) is -3.48. The van der Waals surface area contributed by atoms with Gasteiger partial charge in [-0.1, -0.05) is 61.3 Å². The Morgan fingerprint density at radius 3 is 1.98 bits per heavy atom. The van der Waals surface area contributed by atoms with E-state index in [0.717, 1.165) is 12.8 Å². The van der Waals surface area contributed by atoms with E-state index in [9.17, 15) is 32.4 Å². The van der Waals surface area contributed by atoms with Crippen LogP contribution in [0.2, 0.25) is 0 Å². The lowest BCUT2D eigenvalue weighted by Crippen LogP contribution is -2.66. The Balaban J connectivity index is 1.88. The maximum atomic E-state index is 14.4. The number of nitrogens with two attached hydrogens (primary N) is 1. The lowest BCUT2D eigenvalue weighted by Gasteiger charge is -2.46. The van der Waals surface area contributed by atoms with E-state index in [1.165, 1.54) is 0 Å². The van der Waals surface area contributed by atoms with Crippen molar-refractivity contribution in [3.05, 3.63) is 0 Å². The molecule has 5 N–H and O–H groups in total. The van der Waals surface area contributed by atoms with Crippen molar-refractivity contribution in [1.82, 2.24) is 20.9 Å². The van der Waals surface area contributed by atoms with Gasteiger partial charge in [-0.2, -0.15) is 0 Å². The zero-order valence-electron chi connectivity index (χ0n) is 28.7. The third-order valence-corrected chi connectivity index (χ3v) is 12.7. The Bertz CT molecular complexity index is 1310. The standard InChI is InChI=1S/C32H55N5O7S/c1-18(2)22(16-45(43,44)30(6,7)8)35-28(42)36-24(29(3,4)5)26(40)37-15-20-14-32(37,17-31(20,9)10)27(41)34-21(13-19-11-12-19)23(38)25(33)39/h18-22,24H,11-17H2,1-10H3,(H2,33,39)(H,34,41)(H2,35,36,42)/t20?,21?,22-,24-,32?/m1/s1. The zero-order chi connectivity index (χ0) is 34.5. The summed E-state index contributed by atoms with van der Waals surface area (Å²) in [5.41, 5.74) is 3.00. The minimum atomic E-state index is -3.55. The summed E-state index contributed by atoms with van der Waals surface area (Å²) in [5, 5.41) is 8.39. The van der Waals surface area contributed by atoms with E-state index in [2.05, 4.69) is 29.8 Å². The van der Waals surface area contributed by atoms with Gasteiger partial charge in [0.15, 0.2) is 9.84 Å². The Hall–Kier alpha value is -2.70. The number of fused-ring (bicyclic) bond motifs is 2. The monoisotopic (exact) mass is 653 g/mol. The third-order valence-electron chi connectivity index (χ3n) is 10.0. The summed E-state index contributed by atoms with van der Waals surface area (Å²) in [4.78, 5) is 67.9. The average Bonchev–Trinajstić information content (AvgIpc) is 3.54. The van der Waals surface area contributed by atoms with E-state index in [1.807, 2.05) is 34.6 Å². The second kappa shape index (κ2) is 12.5. The summed E-state index contributed by atoms with van der Waals surface area (Å²) in [7, 11) is -3.55. The van der Waals surface area contributed by atoms with Crippen LogP contribution in [0, 0.1) is 28.6 Å². The summed E-state index contributed by atoms with van der Waals surface area (Å²) in [5.74, 6) is -3.12. The molecule has 3 unspecified atom stereocenters. The molecule has 2 saturated carbocycles. The predicted molar refractivity (Wildman–Crippen MR) is 171 cm³/mol. The highest BCUT2D eigenvalue weighted by Gasteiger charge is 2.65. The highest BCUT2D eigenvalue weighted by molar-refractivity contribution is 7.92. The Kier molecular flexibility index (Phi) is 10.2.